The van der Waals surface area contributed by atoms with Gasteiger partial charge in [-0.3, -0.25) is 0 Å². The maximum absolute atomic E-state index is 12.9. The third-order valence-corrected chi connectivity index (χ3v) is 6.19. The number of piperazine rings is 1. The van der Waals surface area contributed by atoms with Gasteiger partial charge < -0.3 is 5.32 Å². The lowest BCUT2D eigenvalue weighted by molar-refractivity contribution is 0.220. The molecule has 1 aliphatic rings. The molecule has 0 aromatic heterocycles. The Kier molecular flexibility index (Phi) is 4.47. The Labute approximate surface area is 128 Å². The number of hydrogen-bond donors (Lipinski definition) is 1. The fourth-order valence-corrected chi connectivity index (χ4v) is 4.66. The molecule has 1 N–H and O–H groups in total. The average molecular weight is 310 g/mol. The van der Waals surface area contributed by atoms with Crippen molar-refractivity contribution in [1.29, 1.82) is 0 Å². The van der Waals surface area contributed by atoms with E-state index in [4.69, 9.17) is 0 Å². The molecule has 0 aliphatic carbocycles. The fraction of sp³-hybridized carbons (Fsp3) is 0.625. The first-order valence-electron chi connectivity index (χ1n) is 7.49. The van der Waals surface area contributed by atoms with Crippen molar-refractivity contribution in [3.8, 4) is 0 Å². The lowest BCUT2D eigenvalue weighted by Gasteiger charge is -2.38. The van der Waals surface area contributed by atoms with Crippen LogP contribution in [0.25, 0.3) is 0 Å². The lowest BCUT2D eigenvalue weighted by Crippen LogP contribution is -2.57. The number of nitrogens with zero attached hydrogens (tertiary/aromatic N) is 1. The van der Waals surface area contributed by atoms with E-state index in [1.165, 1.54) is 0 Å². The molecular formula is C16H26N2O2S. The summed E-state index contributed by atoms with van der Waals surface area (Å²) in [7, 11) is -3.43. The number of rotatable bonds is 2. The van der Waals surface area contributed by atoms with Crippen molar-refractivity contribution in [1.82, 2.24) is 9.62 Å². The molecule has 2 rings (SSSR count). The number of benzene rings is 1. The molecule has 5 heteroatoms. The van der Waals surface area contributed by atoms with Crippen molar-refractivity contribution in [3.63, 3.8) is 0 Å². The second-order valence-electron chi connectivity index (χ2n) is 6.97. The van der Waals surface area contributed by atoms with E-state index >= 15 is 0 Å². The summed E-state index contributed by atoms with van der Waals surface area (Å²) in [5, 5.41) is 3.26. The van der Waals surface area contributed by atoms with E-state index in [1.807, 2.05) is 26.0 Å². The van der Waals surface area contributed by atoms with Crippen LogP contribution in [0.2, 0.25) is 0 Å². The predicted octanol–water partition coefficient (Wildman–Crippen LogP) is 2.36. The molecule has 1 fully saturated rings. The van der Waals surface area contributed by atoms with Gasteiger partial charge in [-0.1, -0.05) is 32.9 Å². The summed E-state index contributed by atoms with van der Waals surface area (Å²) in [6.07, 6.45) is 0. The maximum Gasteiger partial charge on any atom is 0.243 e. The monoisotopic (exact) mass is 310 g/mol. The van der Waals surface area contributed by atoms with E-state index in [2.05, 4.69) is 26.1 Å². The first-order chi connectivity index (χ1) is 9.64. The van der Waals surface area contributed by atoms with Gasteiger partial charge in [-0.2, -0.15) is 4.31 Å². The van der Waals surface area contributed by atoms with Gasteiger partial charge in [-0.05, 0) is 37.0 Å². The highest BCUT2D eigenvalue weighted by atomic mass is 32.2. The second-order valence-corrected chi connectivity index (χ2v) is 8.81. The lowest BCUT2D eigenvalue weighted by atomic mass is 9.87. The SMILES string of the molecule is CC1CNCC(C)N1S(=O)(=O)c1ccc(C(C)(C)C)cc1. The molecule has 0 spiro atoms. The van der Waals surface area contributed by atoms with Gasteiger partial charge in [0.15, 0.2) is 0 Å². The van der Waals surface area contributed by atoms with Crippen LogP contribution in [0.15, 0.2) is 29.2 Å². The summed E-state index contributed by atoms with van der Waals surface area (Å²) >= 11 is 0. The predicted molar refractivity (Wildman–Crippen MR) is 86.0 cm³/mol. The van der Waals surface area contributed by atoms with Gasteiger partial charge in [0.2, 0.25) is 10.0 Å². The van der Waals surface area contributed by atoms with Crippen molar-refractivity contribution < 1.29 is 8.42 Å². The van der Waals surface area contributed by atoms with E-state index in [0.29, 0.717) is 18.0 Å². The Morgan fingerprint density at radius 1 is 1.05 bits per heavy atom. The van der Waals surface area contributed by atoms with E-state index in [0.717, 1.165) is 5.56 Å². The van der Waals surface area contributed by atoms with Crippen LogP contribution < -0.4 is 5.32 Å². The summed E-state index contributed by atoms with van der Waals surface area (Å²) in [5.74, 6) is 0. The Hall–Kier alpha value is -0.910. The van der Waals surface area contributed by atoms with Crippen molar-refractivity contribution in [2.45, 2.75) is 57.0 Å². The van der Waals surface area contributed by atoms with E-state index in [1.54, 1.807) is 16.4 Å². The maximum atomic E-state index is 12.9. The van der Waals surface area contributed by atoms with Crippen LogP contribution >= 0.6 is 0 Å². The molecule has 2 atom stereocenters. The molecule has 0 amide bonds. The third kappa shape index (κ3) is 3.30. The van der Waals surface area contributed by atoms with Gasteiger partial charge in [0.05, 0.1) is 4.90 Å². The molecule has 1 heterocycles. The van der Waals surface area contributed by atoms with Gasteiger partial charge in [0.25, 0.3) is 0 Å². The zero-order valence-electron chi connectivity index (χ0n) is 13.6. The highest BCUT2D eigenvalue weighted by molar-refractivity contribution is 7.89. The number of sulfonamides is 1. The van der Waals surface area contributed by atoms with E-state index in [-0.39, 0.29) is 17.5 Å². The minimum absolute atomic E-state index is 0.0257. The Morgan fingerprint density at radius 2 is 1.52 bits per heavy atom. The van der Waals surface area contributed by atoms with Crippen molar-refractivity contribution in [2.24, 2.45) is 0 Å². The summed E-state index contributed by atoms with van der Waals surface area (Å²) in [6.45, 7) is 11.7. The van der Waals surface area contributed by atoms with E-state index in [9.17, 15) is 8.42 Å². The Morgan fingerprint density at radius 3 is 1.95 bits per heavy atom. The molecule has 118 valence electrons. The topological polar surface area (TPSA) is 49.4 Å². The summed E-state index contributed by atoms with van der Waals surface area (Å²) < 4.78 is 27.4. The molecular weight excluding hydrogens is 284 g/mol. The molecule has 21 heavy (non-hydrogen) atoms. The van der Waals surface area contributed by atoms with Crippen LogP contribution in [0.5, 0.6) is 0 Å². The van der Waals surface area contributed by atoms with Gasteiger partial charge in [-0.25, -0.2) is 8.42 Å². The normalized spacial score (nSPS) is 25.0. The second kappa shape index (κ2) is 5.71. The van der Waals surface area contributed by atoms with Gasteiger partial charge >= 0.3 is 0 Å². The molecule has 1 aromatic carbocycles. The van der Waals surface area contributed by atoms with Gasteiger partial charge in [-0.15, -0.1) is 0 Å². The van der Waals surface area contributed by atoms with Crippen molar-refractivity contribution >= 4 is 10.0 Å². The quantitative estimate of drug-likeness (QED) is 0.912. The van der Waals surface area contributed by atoms with Crippen LogP contribution in [0.3, 0.4) is 0 Å². The minimum Gasteiger partial charge on any atom is -0.314 e. The largest absolute Gasteiger partial charge is 0.314 e. The van der Waals surface area contributed by atoms with E-state index < -0.39 is 10.0 Å². The van der Waals surface area contributed by atoms with Crippen LogP contribution in [-0.4, -0.2) is 37.9 Å². The molecule has 0 radical (unpaired) electrons. The van der Waals surface area contributed by atoms with Crippen LogP contribution in [0.4, 0.5) is 0 Å². The smallest absolute Gasteiger partial charge is 0.243 e. The zero-order valence-corrected chi connectivity index (χ0v) is 14.4. The van der Waals surface area contributed by atoms with Crippen molar-refractivity contribution in [3.05, 3.63) is 29.8 Å². The van der Waals surface area contributed by atoms with Crippen LogP contribution in [0, 0.1) is 0 Å². The molecule has 1 aliphatic heterocycles. The highest BCUT2D eigenvalue weighted by Crippen LogP contribution is 2.26. The highest BCUT2D eigenvalue weighted by Gasteiger charge is 2.35. The molecule has 4 nitrogen and oxygen atoms in total. The molecule has 1 aromatic rings. The summed E-state index contributed by atoms with van der Waals surface area (Å²) in [4.78, 5) is 0.385. The zero-order chi connectivity index (χ0) is 15.8. The fourth-order valence-electron chi connectivity index (χ4n) is 2.84. The minimum atomic E-state index is -3.43. The molecule has 2 unspecified atom stereocenters. The molecule has 1 saturated heterocycles. The third-order valence-electron chi connectivity index (χ3n) is 4.04. The number of nitrogens with one attached hydrogen (secondary N) is 1. The number of hydrogen-bond acceptors (Lipinski definition) is 3. The van der Waals surface area contributed by atoms with Gasteiger partial charge in [0, 0.05) is 25.2 Å². The van der Waals surface area contributed by atoms with Crippen LogP contribution in [-0.2, 0) is 15.4 Å². The standard InChI is InChI=1S/C16H26N2O2S/c1-12-10-17-11-13(2)18(12)21(19,20)15-8-6-14(7-9-15)16(3,4)5/h6-9,12-13,17H,10-11H2,1-5H3. The Bertz CT molecular complexity index is 578. The van der Waals surface area contributed by atoms with Crippen molar-refractivity contribution in [2.75, 3.05) is 13.1 Å². The van der Waals surface area contributed by atoms with Gasteiger partial charge in [0.1, 0.15) is 0 Å². The first kappa shape index (κ1) is 16.5. The summed E-state index contributed by atoms with van der Waals surface area (Å²) in [6, 6.07) is 7.26. The molecule has 0 saturated carbocycles. The average Bonchev–Trinajstić information content (AvgIpc) is 2.37. The summed E-state index contributed by atoms with van der Waals surface area (Å²) in [5.41, 5.74) is 1.17. The molecule has 0 bridgehead atoms. The van der Waals surface area contributed by atoms with Crippen LogP contribution in [0.1, 0.15) is 40.2 Å². The first-order valence-corrected chi connectivity index (χ1v) is 8.93. The Balaban J connectivity index is 2.35.